The summed E-state index contributed by atoms with van der Waals surface area (Å²) in [6.45, 7) is 6.31. The third-order valence-corrected chi connectivity index (χ3v) is 2.01. The lowest BCUT2D eigenvalue weighted by molar-refractivity contribution is 0.1000. The second kappa shape index (κ2) is 4.31. The molecule has 3 radical (unpaired) electrons. The predicted octanol–water partition coefficient (Wildman–Crippen LogP) is 1.70. The Labute approximate surface area is 87.1 Å². The largest absolute Gasteiger partial charge is 0.366 e. The van der Waals surface area contributed by atoms with Crippen molar-refractivity contribution >= 4 is 14.3 Å². The van der Waals surface area contributed by atoms with Crippen molar-refractivity contribution in [1.29, 1.82) is 0 Å². The summed E-state index contributed by atoms with van der Waals surface area (Å²) >= 11 is 0. The number of amides is 1. The van der Waals surface area contributed by atoms with Gasteiger partial charge in [-0.25, -0.2) is 0 Å². The van der Waals surface area contributed by atoms with Crippen LogP contribution in [-0.4, -0.2) is 14.3 Å². The van der Waals surface area contributed by atoms with Crippen LogP contribution in [0.5, 0.6) is 0 Å². The highest BCUT2D eigenvalue weighted by Gasteiger charge is 2.14. The molecule has 0 fully saturated rings. The van der Waals surface area contributed by atoms with Crippen molar-refractivity contribution in [2.24, 2.45) is 5.73 Å². The van der Waals surface area contributed by atoms with Crippen molar-refractivity contribution < 1.29 is 4.79 Å². The van der Waals surface area contributed by atoms with Gasteiger partial charge in [0.15, 0.2) is 0 Å². The third kappa shape index (κ3) is 2.91. The molecule has 0 spiro atoms. The summed E-state index contributed by atoms with van der Waals surface area (Å²) in [6, 6.07) is 7.45. The van der Waals surface area contributed by atoms with E-state index in [-0.39, 0.29) is 19.7 Å². The van der Waals surface area contributed by atoms with E-state index in [1.54, 1.807) is 6.07 Å². The molecular weight excluding hydrogens is 173 g/mol. The van der Waals surface area contributed by atoms with Gasteiger partial charge in [0, 0.05) is 14.0 Å². The fraction of sp³-hybridized carbons (Fsp3) is 0.364. The molecule has 0 bridgehead atoms. The summed E-state index contributed by atoms with van der Waals surface area (Å²) < 4.78 is 0. The van der Waals surface area contributed by atoms with Crippen LogP contribution >= 0.6 is 0 Å². The normalized spacial score (nSPS) is 10.5. The second-order valence-corrected chi connectivity index (χ2v) is 4.20. The molecule has 0 aliphatic rings. The van der Waals surface area contributed by atoms with Gasteiger partial charge in [-0.3, -0.25) is 4.79 Å². The number of nitrogens with two attached hydrogens (primary N) is 1. The number of carbonyl (C=O) groups is 1. The Morgan fingerprint density at radius 3 is 2.29 bits per heavy atom. The van der Waals surface area contributed by atoms with Gasteiger partial charge in [-0.05, 0) is 23.1 Å². The van der Waals surface area contributed by atoms with Crippen molar-refractivity contribution in [2.75, 3.05) is 0 Å². The van der Waals surface area contributed by atoms with Gasteiger partial charge in [0.25, 0.3) is 0 Å². The Hall–Kier alpha value is -1.25. The maximum atomic E-state index is 10.9. The van der Waals surface area contributed by atoms with Crippen LogP contribution < -0.4 is 5.73 Å². The lowest BCUT2D eigenvalue weighted by Gasteiger charge is -2.19. The van der Waals surface area contributed by atoms with Crippen LogP contribution in [0.4, 0.5) is 0 Å². The Morgan fingerprint density at radius 2 is 1.86 bits per heavy atom. The first-order valence-corrected chi connectivity index (χ1v) is 4.31. The van der Waals surface area contributed by atoms with Gasteiger partial charge >= 0.3 is 0 Å². The Bertz CT molecular complexity index is 328. The Morgan fingerprint density at radius 1 is 1.29 bits per heavy atom. The van der Waals surface area contributed by atoms with Crippen molar-refractivity contribution in [2.45, 2.75) is 26.2 Å². The van der Waals surface area contributed by atoms with E-state index in [0.717, 1.165) is 5.56 Å². The highest BCUT2D eigenvalue weighted by molar-refractivity contribution is 5.92. The summed E-state index contributed by atoms with van der Waals surface area (Å²) in [4.78, 5) is 10.9. The van der Waals surface area contributed by atoms with Crippen molar-refractivity contribution in [3.63, 3.8) is 0 Å². The molecule has 0 heterocycles. The molecular formula is C11H15BNO. The predicted molar refractivity (Wildman–Crippen MR) is 59.4 cm³/mol. The summed E-state index contributed by atoms with van der Waals surface area (Å²) in [5, 5.41) is 0. The molecule has 1 aromatic carbocycles. The van der Waals surface area contributed by atoms with E-state index in [9.17, 15) is 4.79 Å². The van der Waals surface area contributed by atoms with Crippen LogP contribution in [0.1, 0.15) is 36.7 Å². The SMILES string of the molecule is CC(C)(C)c1cccc(C(N)=O)c1.[B]. The Balaban J connectivity index is 0.00000169. The highest BCUT2D eigenvalue weighted by Crippen LogP contribution is 2.22. The molecule has 0 aromatic heterocycles. The first-order valence-electron chi connectivity index (χ1n) is 4.31. The number of carbonyl (C=O) groups excluding carboxylic acids is 1. The molecule has 1 aromatic rings. The molecule has 0 saturated carbocycles. The maximum absolute atomic E-state index is 10.9. The average molecular weight is 188 g/mol. The van der Waals surface area contributed by atoms with Crippen LogP contribution in [-0.2, 0) is 5.41 Å². The molecule has 1 amide bonds. The number of hydrogen-bond acceptors (Lipinski definition) is 1. The van der Waals surface area contributed by atoms with Crippen LogP contribution in [0.3, 0.4) is 0 Å². The van der Waals surface area contributed by atoms with Crippen molar-refractivity contribution in [3.05, 3.63) is 35.4 Å². The van der Waals surface area contributed by atoms with Gasteiger partial charge in [-0.1, -0.05) is 32.9 Å². The molecule has 73 valence electrons. The highest BCUT2D eigenvalue weighted by atomic mass is 16.1. The summed E-state index contributed by atoms with van der Waals surface area (Å²) in [5.41, 5.74) is 6.95. The van der Waals surface area contributed by atoms with Crippen molar-refractivity contribution in [1.82, 2.24) is 0 Å². The van der Waals surface area contributed by atoms with Crippen LogP contribution in [0.2, 0.25) is 0 Å². The van der Waals surface area contributed by atoms with E-state index in [2.05, 4.69) is 20.8 Å². The molecule has 14 heavy (non-hydrogen) atoms. The van der Waals surface area contributed by atoms with Gasteiger partial charge in [-0.15, -0.1) is 0 Å². The van der Waals surface area contributed by atoms with E-state index in [4.69, 9.17) is 5.73 Å². The van der Waals surface area contributed by atoms with Crippen LogP contribution in [0.15, 0.2) is 24.3 Å². The number of rotatable bonds is 1. The fourth-order valence-electron chi connectivity index (χ4n) is 1.14. The topological polar surface area (TPSA) is 43.1 Å². The zero-order valence-electron chi connectivity index (χ0n) is 8.87. The van der Waals surface area contributed by atoms with E-state index in [1.807, 2.05) is 18.2 Å². The average Bonchev–Trinajstić information content (AvgIpc) is 2.03. The lowest BCUT2D eigenvalue weighted by Crippen LogP contribution is -2.15. The number of benzene rings is 1. The Kier molecular flexibility index (Phi) is 3.93. The zero-order chi connectivity index (χ0) is 10.1. The van der Waals surface area contributed by atoms with E-state index in [0.29, 0.717) is 5.56 Å². The van der Waals surface area contributed by atoms with E-state index in [1.165, 1.54) is 0 Å². The first-order chi connectivity index (χ1) is 5.91. The summed E-state index contributed by atoms with van der Waals surface area (Å²) in [6.07, 6.45) is 0. The van der Waals surface area contributed by atoms with Crippen LogP contribution in [0, 0.1) is 0 Å². The van der Waals surface area contributed by atoms with E-state index < -0.39 is 0 Å². The standard InChI is InChI=1S/C11H15NO.B/c1-11(2,3)9-6-4-5-8(7-9)10(12)13;/h4-7H,1-3H3,(H2,12,13);. The lowest BCUT2D eigenvalue weighted by atomic mass is 9.86. The third-order valence-electron chi connectivity index (χ3n) is 2.01. The number of hydrogen-bond donors (Lipinski definition) is 1. The smallest absolute Gasteiger partial charge is 0.248 e. The fourth-order valence-corrected chi connectivity index (χ4v) is 1.14. The zero-order valence-corrected chi connectivity index (χ0v) is 8.87. The first kappa shape index (κ1) is 12.8. The molecule has 0 saturated heterocycles. The molecule has 0 aliphatic heterocycles. The molecule has 0 aliphatic carbocycles. The molecule has 0 atom stereocenters. The van der Waals surface area contributed by atoms with E-state index >= 15 is 0 Å². The van der Waals surface area contributed by atoms with Gasteiger partial charge in [0.2, 0.25) is 5.91 Å². The van der Waals surface area contributed by atoms with Gasteiger partial charge in [0.1, 0.15) is 0 Å². The summed E-state index contributed by atoms with van der Waals surface area (Å²) in [7, 11) is 0. The van der Waals surface area contributed by atoms with Crippen molar-refractivity contribution in [3.8, 4) is 0 Å². The number of primary amides is 1. The van der Waals surface area contributed by atoms with Crippen LogP contribution in [0.25, 0.3) is 0 Å². The molecule has 2 nitrogen and oxygen atoms in total. The minimum atomic E-state index is -0.369. The molecule has 3 heteroatoms. The van der Waals surface area contributed by atoms with Gasteiger partial charge < -0.3 is 5.73 Å². The molecule has 2 N–H and O–H groups in total. The molecule has 0 unspecified atom stereocenters. The monoisotopic (exact) mass is 188 g/mol. The summed E-state index contributed by atoms with van der Waals surface area (Å²) in [5.74, 6) is -0.369. The minimum Gasteiger partial charge on any atom is -0.366 e. The quantitative estimate of drug-likeness (QED) is 0.669. The maximum Gasteiger partial charge on any atom is 0.248 e. The second-order valence-electron chi connectivity index (χ2n) is 4.20. The minimum absolute atomic E-state index is 0. The van der Waals surface area contributed by atoms with Gasteiger partial charge in [0.05, 0.1) is 0 Å². The van der Waals surface area contributed by atoms with Gasteiger partial charge in [-0.2, -0.15) is 0 Å². The molecule has 1 rings (SSSR count).